The van der Waals surface area contributed by atoms with Crippen molar-refractivity contribution >= 4 is 22.8 Å². The molecule has 0 saturated carbocycles. The van der Waals surface area contributed by atoms with Gasteiger partial charge in [0.2, 0.25) is 5.91 Å². The molecule has 0 aliphatic heterocycles. The van der Waals surface area contributed by atoms with Crippen molar-refractivity contribution in [3.8, 4) is 5.75 Å². The molecule has 2 aromatic carbocycles. The normalized spacial score (nSPS) is 15.6. The lowest BCUT2D eigenvalue weighted by molar-refractivity contribution is -0.139. The number of esters is 1. The van der Waals surface area contributed by atoms with Gasteiger partial charge in [0, 0.05) is 24.2 Å². The van der Waals surface area contributed by atoms with E-state index < -0.39 is 23.6 Å². The van der Waals surface area contributed by atoms with Gasteiger partial charge >= 0.3 is 5.97 Å². The molecule has 31 heavy (non-hydrogen) atoms. The Bertz CT molecular complexity index is 1120. The quantitative estimate of drug-likeness (QED) is 0.463. The maximum absolute atomic E-state index is 15.2. The zero-order valence-electron chi connectivity index (χ0n) is 17.4. The van der Waals surface area contributed by atoms with Crippen LogP contribution in [0, 0.1) is 5.82 Å². The van der Waals surface area contributed by atoms with E-state index in [0.29, 0.717) is 42.5 Å². The van der Waals surface area contributed by atoms with Crippen molar-refractivity contribution in [1.82, 2.24) is 4.57 Å². The number of hydrogen-bond donors (Lipinski definition) is 1. The maximum atomic E-state index is 15.2. The maximum Gasteiger partial charge on any atom is 0.337 e. The van der Waals surface area contributed by atoms with E-state index in [4.69, 9.17) is 15.2 Å². The van der Waals surface area contributed by atoms with Crippen molar-refractivity contribution in [1.29, 1.82) is 0 Å². The molecule has 4 rings (SSSR count). The summed E-state index contributed by atoms with van der Waals surface area (Å²) >= 11 is 0. The first-order valence-corrected chi connectivity index (χ1v) is 10.5. The molecular weight excluding hydrogens is 399 g/mol. The number of primary amides is 1. The lowest BCUT2D eigenvalue weighted by Crippen LogP contribution is -2.25. The lowest BCUT2D eigenvalue weighted by Gasteiger charge is -2.22. The van der Waals surface area contributed by atoms with Crippen molar-refractivity contribution in [3.05, 3.63) is 65.1 Å². The fourth-order valence-corrected chi connectivity index (χ4v) is 4.41. The van der Waals surface area contributed by atoms with Crippen molar-refractivity contribution in [3.63, 3.8) is 0 Å². The van der Waals surface area contributed by atoms with Crippen LogP contribution in [0.15, 0.2) is 42.5 Å². The van der Waals surface area contributed by atoms with E-state index in [1.165, 1.54) is 12.1 Å². The van der Waals surface area contributed by atoms with E-state index in [0.717, 1.165) is 17.7 Å². The molecule has 1 aliphatic rings. The number of rotatable bonds is 7. The van der Waals surface area contributed by atoms with Gasteiger partial charge in [-0.2, -0.15) is 0 Å². The molecule has 162 valence electrons. The molecule has 0 radical (unpaired) electrons. The number of fused-ring (bicyclic) bond motifs is 3. The number of aromatic nitrogens is 1. The molecule has 1 unspecified atom stereocenters. The number of hydrogen-bond acceptors (Lipinski definition) is 4. The Hall–Kier alpha value is -3.19. The number of halogens is 1. The minimum Gasteiger partial charge on any atom is -0.424 e. The monoisotopic (exact) mass is 424 g/mol. The van der Waals surface area contributed by atoms with Crippen LogP contribution in [0.4, 0.5) is 4.39 Å². The van der Waals surface area contributed by atoms with Crippen LogP contribution < -0.4 is 10.5 Å². The Kier molecular flexibility index (Phi) is 6.04. The topological polar surface area (TPSA) is 83.6 Å². The van der Waals surface area contributed by atoms with Crippen molar-refractivity contribution in [2.45, 2.75) is 38.6 Å². The van der Waals surface area contributed by atoms with E-state index in [1.807, 2.05) is 34.9 Å². The number of ether oxygens (including phenoxy) is 2. The van der Waals surface area contributed by atoms with Gasteiger partial charge in [-0.05, 0) is 49.4 Å². The van der Waals surface area contributed by atoms with Crippen molar-refractivity contribution in [2.24, 2.45) is 5.73 Å². The molecule has 3 aromatic rings. The highest BCUT2D eigenvalue weighted by molar-refractivity contribution is 5.98. The van der Waals surface area contributed by atoms with Crippen LogP contribution in [0.3, 0.4) is 0 Å². The summed E-state index contributed by atoms with van der Waals surface area (Å²) in [7, 11) is 0. The van der Waals surface area contributed by atoms with Gasteiger partial charge < -0.3 is 19.8 Å². The summed E-state index contributed by atoms with van der Waals surface area (Å²) in [6.07, 6.45) is 2.04. The van der Waals surface area contributed by atoms with Gasteiger partial charge in [0.05, 0.1) is 11.4 Å². The highest BCUT2D eigenvalue weighted by Gasteiger charge is 2.33. The average Bonchev–Trinajstić information content (AvgIpc) is 3.10. The third-order valence-electron chi connectivity index (χ3n) is 5.70. The number of nitrogens with two attached hydrogens (primary N) is 1. The summed E-state index contributed by atoms with van der Waals surface area (Å²) in [5.74, 6) is -1.82. The molecule has 1 heterocycles. The van der Waals surface area contributed by atoms with E-state index >= 15 is 4.39 Å². The van der Waals surface area contributed by atoms with Crippen LogP contribution in [0.1, 0.15) is 42.5 Å². The second-order valence-corrected chi connectivity index (χ2v) is 7.66. The first kappa shape index (κ1) is 21.1. The number of carbonyl (C=O) groups excluding carboxylic acids is 2. The van der Waals surface area contributed by atoms with Crippen LogP contribution >= 0.6 is 0 Å². The molecule has 0 spiro atoms. The Morgan fingerprint density at radius 1 is 1.19 bits per heavy atom. The van der Waals surface area contributed by atoms with Crippen LogP contribution in [0.5, 0.6) is 5.75 Å². The molecule has 1 aliphatic carbocycles. The minimum atomic E-state index is -0.578. The molecule has 1 aromatic heterocycles. The molecular formula is C24H25FN2O4. The SMILES string of the molecule is CCOCC(=O)Oc1ccc(F)c2c1c1c(n2Cc2ccccc2)CCCC1C(N)=O. The van der Waals surface area contributed by atoms with E-state index in [9.17, 15) is 9.59 Å². The number of benzene rings is 2. The van der Waals surface area contributed by atoms with Crippen LogP contribution in [-0.4, -0.2) is 29.7 Å². The van der Waals surface area contributed by atoms with Crippen LogP contribution in [-0.2, 0) is 27.3 Å². The van der Waals surface area contributed by atoms with Gasteiger partial charge in [0.1, 0.15) is 18.2 Å². The highest BCUT2D eigenvalue weighted by Crippen LogP contribution is 2.44. The first-order chi connectivity index (χ1) is 15.0. The molecule has 2 N–H and O–H groups in total. The van der Waals surface area contributed by atoms with Gasteiger partial charge in [-0.25, -0.2) is 9.18 Å². The van der Waals surface area contributed by atoms with Crippen molar-refractivity contribution < 1.29 is 23.5 Å². The van der Waals surface area contributed by atoms with E-state index in [-0.39, 0.29) is 12.4 Å². The summed E-state index contributed by atoms with van der Waals surface area (Å²) in [5, 5.41) is 0.444. The molecule has 0 saturated heterocycles. The average molecular weight is 424 g/mol. The van der Waals surface area contributed by atoms with Gasteiger partial charge in [-0.15, -0.1) is 0 Å². The highest BCUT2D eigenvalue weighted by atomic mass is 19.1. The summed E-state index contributed by atoms with van der Waals surface area (Å²) in [5.41, 5.74) is 8.58. The fourth-order valence-electron chi connectivity index (χ4n) is 4.41. The summed E-state index contributed by atoms with van der Waals surface area (Å²) < 4.78 is 27.8. The fraction of sp³-hybridized carbons (Fsp3) is 0.333. The third kappa shape index (κ3) is 4.05. The van der Waals surface area contributed by atoms with Gasteiger partial charge in [-0.3, -0.25) is 4.79 Å². The zero-order chi connectivity index (χ0) is 22.0. The second-order valence-electron chi connectivity index (χ2n) is 7.66. The molecule has 6 nitrogen and oxygen atoms in total. The molecule has 1 atom stereocenters. The van der Waals surface area contributed by atoms with E-state index in [2.05, 4.69) is 0 Å². The standard InChI is InChI=1S/C24H25FN2O4/c1-2-30-14-20(28)31-19-12-11-17(25)23-22(19)21-16(24(26)29)9-6-10-18(21)27(23)13-15-7-4-3-5-8-15/h3-5,7-8,11-12,16H,2,6,9-10,13-14H2,1H3,(H2,26,29). The first-order valence-electron chi connectivity index (χ1n) is 10.5. The Balaban J connectivity index is 1.92. The van der Waals surface area contributed by atoms with Crippen LogP contribution in [0.2, 0.25) is 0 Å². The molecule has 0 bridgehead atoms. The third-order valence-corrected chi connectivity index (χ3v) is 5.70. The number of amides is 1. The van der Waals surface area contributed by atoms with Gasteiger partial charge in [-0.1, -0.05) is 30.3 Å². The largest absolute Gasteiger partial charge is 0.424 e. The van der Waals surface area contributed by atoms with Crippen LogP contribution in [0.25, 0.3) is 10.9 Å². The predicted octanol–water partition coefficient (Wildman–Crippen LogP) is 3.68. The van der Waals surface area contributed by atoms with E-state index in [1.54, 1.807) is 6.92 Å². The Morgan fingerprint density at radius 3 is 2.68 bits per heavy atom. The Morgan fingerprint density at radius 2 is 1.97 bits per heavy atom. The summed E-state index contributed by atoms with van der Waals surface area (Å²) in [6, 6.07) is 12.4. The lowest BCUT2D eigenvalue weighted by atomic mass is 9.84. The summed E-state index contributed by atoms with van der Waals surface area (Å²) in [4.78, 5) is 24.5. The molecule has 0 fully saturated rings. The predicted molar refractivity (Wildman–Crippen MR) is 114 cm³/mol. The van der Waals surface area contributed by atoms with Gasteiger partial charge in [0.15, 0.2) is 0 Å². The Labute approximate surface area is 179 Å². The molecule has 1 amide bonds. The number of carbonyl (C=O) groups is 2. The number of nitrogens with zero attached hydrogens (tertiary/aromatic N) is 1. The van der Waals surface area contributed by atoms with Gasteiger partial charge in [0.25, 0.3) is 0 Å². The van der Waals surface area contributed by atoms with Crippen molar-refractivity contribution in [2.75, 3.05) is 13.2 Å². The smallest absolute Gasteiger partial charge is 0.337 e. The zero-order valence-corrected chi connectivity index (χ0v) is 17.4. The second kappa shape index (κ2) is 8.89. The summed E-state index contributed by atoms with van der Waals surface area (Å²) in [6.45, 7) is 2.38. The molecule has 7 heteroatoms. The minimum absolute atomic E-state index is 0.207.